The third-order valence-corrected chi connectivity index (χ3v) is 2.88. The Hall–Kier alpha value is -2.12. The number of hydrogen-bond donors (Lipinski definition) is 0. The number of carbonyl (C=O) groups excluding carboxylic acids is 3. The van der Waals surface area contributed by atoms with Crippen LogP contribution in [0.5, 0.6) is 0 Å². The SMILES string of the molecule is CCOC(=O)C1=NOC(CC(C(=O)OCC)C(=O)OCC)C1. The Morgan fingerprint density at radius 1 is 1.09 bits per heavy atom. The van der Waals surface area contributed by atoms with Gasteiger partial charge in [0.15, 0.2) is 11.6 Å². The van der Waals surface area contributed by atoms with Gasteiger partial charge in [0.1, 0.15) is 6.10 Å². The fourth-order valence-electron chi connectivity index (χ4n) is 1.93. The maximum absolute atomic E-state index is 11.9. The van der Waals surface area contributed by atoms with Gasteiger partial charge >= 0.3 is 17.9 Å². The van der Waals surface area contributed by atoms with Gasteiger partial charge in [-0.15, -0.1) is 0 Å². The van der Waals surface area contributed by atoms with Gasteiger partial charge in [0, 0.05) is 12.8 Å². The van der Waals surface area contributed by atoms with Gasteiger partial charge in [0.25, 0.3) is 0 Å². The minimum absolute atomic E-state index is 0.0318. The molecule has 8 nitrogen and oxygen atoms in total. The predicted molar refractivity (Wildman–Crippen MR) is 74.9 cm³/mol. The molecule has 0 bridgehead atoms. The Bertz CT molecular complexity index is 428. The van der Waals surface area contributed by atoms with Crippen LogP contribution in [0.1, 0.15) is 33.6 Å². The highest BCUT2D eigenvalue weighted by Crippen LogP contribution is 2.21. The second kappa shape index (κ2) is 9.01. The Kier molecular flexibility index (Phi) is 7.34. The molecular formula is C14H21NO7. The molecule has 124 valence electrons. The van der Waals surface area contributed by atoms with Gasteiger partial charge in [-0.1, -0.05) is 5.16 Å². The zero-order valence-corrected chi connectivity index (χ0v) is 13.0. The molecule has 0 aliphatic carbocycles. The molecule has 8 heteroatoms. The van der Waals surface area contributed by atoms with E-state index < -0.39 is 29.9 Å². The summed E-state index contributed by atoms with van der Waals surface area (Å²) < 4.78 is 14.6. The van der Waals surface area contributed by atoms with Crippen LogP contribution in [0.25, 0.3) is 0 Å². The van der Waals surface area contributed by atoms with Crippen molar-refractivity contribution in [1.29, 1.82) is 0 Å². The average Bonchev–Trinajstić information content (AvgIpc) is 2.94. The molecule has 1 unspecified atom stereocenters. The quantitative estimate of drug-likeness (QED) is 0.371. The lowest BCUT2D eigenvalue weighted by atomic mass is 9.98. The van der Waals surface area contributed by atoms with E-state index in [0.717, 1.165) is 0 Å². The van der Waals surface area contributed by atoms with Crippen LogP contribution in [0.15, 0.2) is 5.16 Å². The molecule has 1 aliphatic rings. The number of ether oxygens (including phenoxy) is 3. The fourth-order valence-corrected chi connectivity index (χ4v) is 1.93. The molecule has 1 atom stereocenters. The summed E-state index contributed by atoms with van der Waals surface area (Å²) in [4.78, 5) is 40.3. The van der Waals surface area contributed by atoms with Gasteiger partial charge in [0.2, 0.25) is 0 Å². The van der Waals surface area contributed by atoms with E-state index in [1.165, 1.54) is 0 Å². The molecule has 0 fully saturated rings. The third kappa shape index (κ3) is 5.01. The molecule has 0 aromatic heterocycles. The van der Waals surface area contributed by atoms with Crippen molar-refractivity contribution in [1.82, 2.24) is 0 Å². The zero-order valence-electron chi connectivity index (χ0n) is 13.0. The lowest BCUT2D eigenvalue weighted by molar-refractivity contribution is -0.163. The summed E-state index contributed by atoms with van der Waals surface area (Å²) in [6.45, 7) is 5.53. The van der Waals surface area contributed by atoms with Crippen molar-refractivity contribution in [3.63, 3.8) is 0 Å². The minimum Gasteiger partial charge on any atom is -0.465 e. The molecule has 0 aromatic carbocycles. The van der Waals surface area contributed by atoms with Crippen LogP contribution in [0, 0.1) is 5.92 Å². The van der Waals surface area contributed by atoms with Crippen LogP contribution in [0.3, 0.4) is 0 Å². The van der Waals surface area contributed by atoms with Crippen molar-refractivity contribution in [2.45, 2.75) is 39.7 Å². The van der Waals surface area contributed by atoms with Crippen LogP contribution in [-0.2, 0) is 33.4 Å². The Labute approximate surface area is 128 Å². The molecule has 1 rings (SSSR count). The summed E-state index contributed by atoms with van der Waals surface area (Å²) in [5, 5.41) is 3.64. The second-order valence-electron chi connectivity index (χ2n) is 4.48. The highest BCUT2D eigenvalue weighted by Gasteiger charge is 2.36. The summed E-state index contributed by atoms with van der Waals surface area (Å²) in [5.74, 6) is -3.00. The molecular weight excluding hydrogens is 294 g/mol. The first kappa shape index (κ1) is 17.9. The van der Waals surface area contributed by atoms with E-state index >= 15 is 0 Å². The molecule has 0 saturated heterocycles. The van der Waals surface area contributed by atoms with E-state index in [2.05, 4.69) is 5.16 Å². The van der Waals surface area contributed by atoms with E-state index in [-0.39, 0.29) is 38.4 Å². The molecule has 0 spiro atoms. The van der Waals surface area contributed by atoms with E-state index in [0.29, 0.717) is 0 Å². The molecule has 0 aromatic rings. The topological polar surface area (TPSA) is 100 Å². The lowest BCUT2D eigenvalue weighted by Crippen LogP contribution is -2.32. The average molecular weight is 315 g/mol. The van der Waals surface area contributed by atoms with Gasteiger partial charge in [0.05, 0.1) is 19.8 Å². The Balaban J connectivity index is 2.62. The number of esters is 3. The van der Waals surface area contributed by atoms with Crippen molar-refractivity contribution < 1.29 is 33.4 Å². The highest BCUT2D eigenvalue weighted by atomic mass is 16.6. The monoisotopic (exact) mass is 315 g/mol. The zero-order chi connectivity index (χ0) is 16.5. The lowest BCUT2D eigenvalue weighted by Gasteiger charge is -2.16. The number of oxime groups is 1. The van der Waals surface area contributed by atoms with Gasteiger partial charge < -0.3 is 19.0 Å². The highest BCUT2D eigenvalue weighted by molar-refractivity contribution is 6.36. The normalized spacial score (nSPS) is 16.7. The number of nitrogens with zero attached hydrogens (tertiary/aromatic N) is 1. The summed E-state index contributed by atoms with van der Waals surface area (Å²) in [7, 11) is 0. The predicted octanol–water partition coefficient (Wildman–Crippen LogP) is 0.827. The summed E-state index contributed by atoms with van der Waals surface area (Å²) in [6, 6.07) is 0. The molecule has 0 saturated carbocycles. The van der Waals surface area contributed by atoms with Crippen molar-refractivity contribution in [2.75, 3.05) is 19.8 Å². The maximum Gasteiger partial charge on any atom is 0.356 e. The van der Waals surface area contributed by atoms with E-state index in [4.69, 9.17) is 19.0 Å². The molecule has 0 N–H and O–H groups in total. The van der Waals surface area contributed by atoms with E-state index in [9.17, 15) is 14.4 Å². The van der Waals surface area contributed by atoms with Crippen molar-refractivity contribution in [3.8, 4) is 0 Å². The first-order chi connectivity index (χ1) is 10.5. The summed E-state index contributed by atoms with van der Waals surface area (Å²) in [5.41, 5.74) is 0.137. The minimum atomic E-state index is -1.10. The van der Waals surface area contributed by atoms with Crippen molar-refractivity contribution >= 4 is 23.6 Å². The summed E-state index contributed by atoms with van der Waals surface area (Å²) >= 11 is 0. The smallest absolute Gasteiger partial charge is 0.356 e. The molecule has 22 heavy (non-hydrogen) atoms. The van der Waals surface area contributed by atoms with Crippen molar-refractivity contribution in [2.24, 2.45) is 11.1 Å². The standard InChI is InChI=1S/C14H21NO7/c1-4-19-12(16)10(13(17)20-5-2)7-9-8-11(15-22-9)14(18)21-6-3/h9-10H,4-8H2,1-3H3. The van der Waals surface area contributed by atoms with Gasteiger partial charge in [-0.05, 0) is 20.8 Å². The fraction of sp³-hybridized carbons (Fsp3) is 0.714. The largest absolute Gasteiger partial charge is 0.465 e. The number of carbonyl (C=O) groups is 3. The van der Waals surface area contributed by atoms with Crippen molar-refractivity contribution in [3.05, 3.63) is 0 Å². The molecule has 0 amide bonds. The summed E-state index contributed by atoms with van der Waals surface area (Å²) in [6.07, 6.45) is -0.365. The second-order valence-corrected chi connectivity index (χ2v) is 4.48. The van der Waals surface area contributed by atoms with Crippen LogP contribution in [-0.4, -0.2) is 49.5 Å². The Morgan fingerprint density at radius 3 is 2.14 bits per heavy atom. The first-order valence-electron chi connectivity index (χ1n) is 7.26. The van der Waals surface area contributed by atoms with E-state index in [1.807, 2.05) is 0 Å². The van der Waals surface area contributed by atoms with Crippen LogP contribution in [0.4, 0.5) is 0 Å². The van der Waals surface area contributed by atoms with Crippen LogP contribution >= 0.6 is 0 Å². The van der Waals surface area contributed by atoms with Gasteiger partial charge in [-0.25, -0.2) is 4.79 Å². The van der Waals surface area contributed by atoms with E-state index in [1.54, 1.807) is 20.8 Å². The van der Waals surface area contributed by atoms with Gasteiger partial charge in [-0.2, -0.15) is 0 Å². The van der Waals surface area contributed by atoms with Crippen LogP contribution < -0.4 is 0 Å². The molecule has 1 heterocycles. The number of hydrogen-bond acceptors (Lipinski definition) is 8. The Morgan fingerprint density at radius 2 is 1.64 bits per heavy atom. The third-order valence-electron chi connectivity index (χ3n) is 2.88. The first-order valence-corrected chi connectivity index (χ1v) is 7.26. The van der Waals surface area contributed by atoms with Gasteiger partial charge in [-0.3, -0.25) is 9.59 Å². The molecule has 1 aliphatic heterocycles. The maximum atomic E-state index is 11.9. The van der Waals surface area contributed by atoms with Crippen LogP contribution in [0.2, 0.25) is 0 Å². The number of rotatable bonds is 8. The molecule has 0 radical (unpaired) electrons.